The molecule has 2 heterocycles. The lowest BCUT2D eigenvalue weighted by atomic mass is 9.97. The Morgan fingerprint density at radius 3 is 2.79 bits per heavy atom. The van der Waals surface area contributed by atoms with E-state index in [2.05, 4.69) is 12.1 Å². The van der Waals surface area contributed by atoms with Crippen molar-refractivity contribution in [3.8, 4) is 22.8 Å². The Labute approximate surface area is 163 Å². The third-order valence-electron chi connectivity index (χ3n) is 5.05. The van der Waals surface area contributed by atoms with Crippen molar-refractivity contribution in [2.45, 2.75) is 32.5 Å². The molecule has 28 heavy (non-hydrogen) atoms. The van der Waals surface area contributed by atoms with Gasteiger partial charge in [-0.05, 0) is 25.1 Å². The van der Waals surface area contributed by atoms with E-state index in [4.69, 9.17) is 18.7 Å². The van der Waals surface area contributed by atoms with Crippen LogP contribution in [0.25, 0.3) is 11.3 Å². The van der Waals surface area contributed by atoms with E-state index in [0.717, 1.165) is 11.1 Å². The SMILES string of the molecule is COc1ccccc1-c1cc(COC(=O)c2cccc3c2O[C@@H](C)[C@@H]3C)on1. The average Bonchev–Trinajstić information content (AvgIpc) is 3.31. The van der Waals surface area contributed by atoms with Gasteiger partial charge >= 0.3 is 5.97 Å². The van der Waals surface area contributed by atoms with Crippen LogP contribution in [0.3, 0.4) is 0 Å². The predicted molar refractivity (Wildman–Crippen MR) is 103 cm³/mol. The molecule has 144 valence electrons. The number of hydrogen-bond donors (Lipinski definition) is 0. The third-order valence-corrected chi connectivity index (χ3v) is 5.05. The van der Waals surface area contributed by atoms with E-state index in [0.29, 0.717) is 28.5 Å². The van der Waals surface area contributed by atoms with Gasteiger partial charge in [0.15, 0.2) is 12.4 Å². The zero-order chi connectivity index (χ0) is 19.7. The van der Waals surface area contributed by atoms with Gasteiger partial charge in [-0.3, -0.25) is 0 Å². The average molecular weight is 379 g/mol. The van der Waals surface area contributed by atoms with E-state index < -0.39 is 5.97 Å². The fraction of sp³-hybridized carbons (Fsp3) is 0.273. The molecule has 0 N–H and O–H groups in total. The van der Waals surface area contributed by atoms with Crippen LogP contribution >= 0.6 is 0 Å². The number of carbonyl (C=O) groups is 1. The Hall–Kier alpha value is -3.28. The van der Waals surface area contributed by atoms with Gasteiger partial charge in [0, 0.05) is 23.1 Å². The van der Waals surface area contributed by atoms with Crippen molar-refractivity contribution in [1.82, 2.24) is 5.16 Å². The number of esters is 1. The van der Waals surface area contributed by atoms with Crippen molar-refractivity contribution in [2.24, 2.45) is 0 Å². The summed E-state index contributed by atoms with van der Waals surface area (Å²) in [5, 5.41) is 4.05. The Morgan fingerprint density at radius 2 is 1.96 bits per heavy atom. The molecular formula is C22H21NO5. The van der Waals surface area contributed by atoms with Crippen LogP contribution in [-0.2, 0) is 11.3 Å². The molecule has 4 rings (SSSR count). The lowest BCUT2D eigenvalue weighted by Crippen LogP contribution is -2.11. The molecule has 0 amide bonds. The van der Waals surface area contributed by atoms with Gasteiger partial charge in [0.1, 0.15) is 28.9 Å². The van der Waals surface area contributed by atoms with Crippen molar-refractivity contribution in [3.05, 3.63) is 65.4 Å². The summed E-state index contributed by atoms with van der Waals surface area (Å²) in [4.78, 5) is 12.6. The predicted octanol–water partition coefficient (Wildman–Crippen LogP) is 4.59. The normalized spacial score (nSPS) is 17.7. The lowest BCUT2D eigenvalue weighted by molar-refractivity contribution is 0.0432. The van der Waals surface area contributed by atoms with Crippen LogP contribution in [0.4, 0.5) is 0 Å². The van der Waals surface area contributed by atoms with Crippen LogP contribution in [0.2, 0.25) is 0 Å². The van der Waals surface area contributed by atoms with Crippen molar-refractivity contribution < 1.29 is 23.5 Å². The van der Waals surface area contributed by atoms with E-state index in [1.54, 1.807) is 19.2 Å². The second kappa shape index (κ2) is 7.38. The number of para-hydroxylation sites is 2. The summed E-state index contributed by atoms with van der Waals surface area (Å²) in [6.45, 7) is 4.06. The number of carbonyl (C=O) groups excluding carboxylic acids is 1. The lowest BCUT2D eigenvalue weighted by Gasteiger charge is -2.09. The minimum absolute atomic E-state index is 0.0181. The second-order valence-electron chi connectivity index (χ2n) is 6.79. The molecule has 1 aliphatic rings. The molecule has 2 aromatic carbocycles. The molecular weight excluding hydrogens is 358 g/mol. The third kappa shape index (κ3) is 3.22. The fourth-order valence-electron chi connectivity index (χ4n) is 3.33. The molecule has 2 atom stereocenters. The summed E-state index contributed by atoms with van der Waals surface area (Å²) in [5.74, 6) is 1.54. The molecule has 0 spiro atoms. The summed E-state index contributed by atoms with van der Waals surface area (Å²) in [5.41, 5.74) is 2.89. The largest absolute Gasteiger partial charge is 0.496 e. The van der Waals surface area contributed by atoms with Crippen molar-refractivity contribution >= 4 is 5.97 Å². The summed E-state index contributed by atoms with van der Waals surface area (Å²) < 4.78 is 22.0. The number of ether oxygens (including phenoxy) is 3. The minimum atomic E-state index is -0.451. The van der Waals surface area contributed by atoms with Crippen LogP contribution in [0.5, 0.6) is 11.5 Å². The molecule has 0 unspecified atom stereocenters. The molecule has 0 radical (unpaired) electrons. The van der Waals surface area contributed by atoms with Gasteiger partial charge < -0.3 is 18.7 Å². The highest BCUT2D eigenvalue weighted by molar-refractivity contribution is 5.93. The molecule has 0 saturated carbocycles. The zero-order valence-corrected chi connectivity index (χ0v) is 16.0. The fourth-order valence-corrected chi connectivity index (χ4v) is 3.33. The molecule has 6 nitrogen and oxygen atoms in total. The van der Waals surface area contributed by atoms with E-state index in [1.807, 2.05) is 43.3 Å². The number of aromatic nitrogens is 1. The molecule has 0 saturated heterocycles. The van der Waals surface area contributed by atoms with Gasteiger partial charge in [-0.15, -0.1) is 0 Å². The highest BCUT2D eigenvalue weighted by atomic mass is 16.6. The molecule has 0 fully saturated rings. The Morgan fingerprint density at radius 1 is 1.14 bits per heavy atom. The minimum Gasteiger partial charge on any atom is -0.496 e. The van der Waals surface area contributed by atoms with Crippen LogP contribution in [0.15, 0.2) is 53.1 Å². The van der Waals surface area contributed by atoms with Gasteiger partial charge in [0.25, 0.3) is 0 Å². The molecule has 0 aliphatic carbocycles. The molecule has 1 aliphatic heterocycles. The monoisotopic (exact) mass is 379 g/mol. The summed E-state index contributed by atoms with van der Waals surface area (Å²) >= 11 is 0. The number of fused-ring (bicyclic) bond motifs is 1. The van der Waals surface area contributed by atoms with Crippen molar-refractivity contribution in [2.75, 3.05) is 7.11 Å². The van der Waals surface area contributed by atoms with E-state index in [-0.39, 0.29) is 18.6 Å². The topological polar surface area (TPSA) is 70.8 Å². The van der Waals surface area contributed by atoms with Crippen molar-refractivity contribution in [1.29, 1.82) is 0 Å². The van der Waals surface area contributed by atoms with Crippen molar-refractivity contribution in [3.63, 3.8) is 0 Å². The Balaban J connectivity index is 1.48. The summed E-state index contributed by atoms with van der Waals surface area (Å²) in [6.07, 6.45) is 0.0293. The van der Waals surface area contributed by atoms with Gasteiger partial charge in [0.05, 0.1) is 7.11 Å². The first-order valence-corrected chi connectivity index (χ1v) is 9.14. The number of benzene rings is 2. The van der Waals surface area contributed by atoms with Gasteiger partial charge in [-0.1, -0.05) is 36.3 Å². The van der Waals surface area contributed by atoms with Gasteiger partial charge in [-0.2, -0.15) is 0 Å². The Kier molecular flexibility index (Phi) is 4.77. The molecule has 1 aromatic heterocycles. The summed E-state index contributed by atoms with van der Waals surface area (Å²) in [6, 6.07) is 14.8. The quantitative estimate of drug-likeness (QED) is 0.604. The first kappa shape index (κ1) is 18.1. The van der Waals surface area contributed by atoms with Crippen LogP contribution in [0.1, 0.15) is 41.4 Å². The first-order valence-electron chi connectivity index (χ1n) is 9.14. The van der Waals surface area contributed by atoms with E-state index in [9.17, 15) is 4.79 Å². The molecule has 3 aromatic rings. The summed E-state index contributed by atoms with van der Waals surface area (Å²) in [7, 11) is 1.60. The highest BCUT2D eigenvalue weighted by Crippen LogP contribution is 2.40. The number of hydrogen-bond acceptors (Lipinski definition) is 6. The highest BCUT2D eigenvalue weighted by Gasteiger charge is 2.31. The number of rotatable bonds is 5. The van der Waals surface area contributed by atoms with E-state index >= 15 is 0 Å². The van der Waals surface area contributed by atoms with Gasteiger partial charge in [0.2, 0.25) is 0 Å². The standard InChI is InChI=1S/C22H21NO5/c1-13-14(2)27-21-16(13)8-6-9-18(21)22(24)26-12-15-11-19(23-28-15)17-7-4-5-10-20(17)25-3/h4-11,13-14H,12H2,1-3H3/t13-,14-/m0/s1. The zero-order valence-electron chi connectivity index (χ0n) is 16.0. The molecule has 6 heteroatoms. The van der Waals surface area contributed by atoms with Crippen LogP contribution < -0.4 is 9.47 Å². The van der Waals surface area contributed by atoms with E-state index in [1.165, 1.54) is 0 Å². The second-order valence-corrected chi connectivity index (χ2v) is 6.79. The number of nitrogens with zero attached hydrogens (tertiary/aromatic N) is 1. The van der Waals surface area contributed by atoms with Gasteiger partial charge in [-0.25, -0.2) is 4.79 Å². The first-order chi connectivity index (χ1) is 13.6. The maximum Gasteiger partial charge on any atom is 0.342 e. The molecule has 0 bridgehead atoms. The Bertz CT molecular complexity index is 1010. The maximum absolute atomic E-state index is 12.6. The number of methoxy groups -OCH3 is 1. The smallest absolute Gasteiger partial charge is 0.342 e. The van der Waals surface area contributed by atoms with Crippen LogP contribution in [-0.4, -0.2) is 24.3 Å². The van der Waals surface area contributed by atoms with Crippen LogP contribution in [0, 0.1) is 0 Å². The maximum atomic E-state index is 12.6.